The Hall–Kier alpha value is -1.46. The van der Waals surface area contributed by atoms with Crippen molar-refractivity contribution in [2.24, 2.45) is 0 Å². The lowest BCUT2D eigenvalue weighted by Gasteiger charge is -2.02. The van der Waals surface area contributed by atoms with Crippen LogP contribution in [-0.2, 0) is 6.61 Å². The number of hydrogen-bond donors (Lipinski definition) is 2. The molecule has 0 amide bonds. The van der Waals surface area contributed by atoms with Gasteiger partial charge < -0.3 is 10.8 Å². The van der Waals surface area contributed by atoms with Crippen molar-refractivity contribution in [3.8, 4) is 10.7 Å². The van der Waals surface area contributed by atoms with Crippen LogP contribution in [0.15, 0.2) is 18.3 Å². The van der Waals surface area contributed by atoms with Gasteiger partial charge in [0, 0.05) is 16.6 Å². The van der Waals surface area contributed by atoms with Gasteiger partial charge in [-0.2, -0.15) is 0 Å². The molecule has 0 unspecified atom stereocenters. The molecule has 0 radical (unpaired) electrons. The highest BCUT2D eigenvalue weighted by Gasteiger charge is 2.06. The minimum Gasteiger partial charge on any atom is -0.391 e. The van der Waals surface area contributed by atoms with Crippen molar-refractivity contribution in [2.45, 2.75) is 13.5 Å². The topological polar surface area (TPSA) is 72.0 Å². The molecule has 0 fully saturated rings. The Morgan fingerprint density at radius 1 is 1.47 bits per heavy atom. The molecule has 2 aromatic rings. The van der Waals surface area contributed by atoms with Crippen LogP contribution in [0.5, 0.6) is 0 Å². The molecule has 0 aromatic carbocycles. The number of hydrogen-bond acceptors (Lipinski definition) is 5. The van der Waals surface area contributed by atoms with Gasteiger partial charge in [0.05, 0.1) is 11.5 Å². The Kier molecular flexibility index (Phi) is 2.66. The van der Waals surface area contributed by atoms with Gasteiger partial charge in [0.25, 0.3) is 0 Å². The normalized spacial score (nSPS) is 10.5. The van der Waals surface area contributed by atoms with Crippen LogP contribution in [0, 0.1) is 6.92 Å². The summed E-state index contributed by atoms with van der Waals surface area (Å²) in [6.07, 6.45) is 1.56. The van der Waals surface area contributed by atoms with Gasteiger partial charge in [-0.1, -0.05) is 0 Å². The fraction of sp³-hybridized carbons (Fsp3) is 0.200. The second kappa shape index (κ2) is 3.96. The smallest absolute Gasteiger partial charge is 0.171 e. The molecule has 0 aliphatic carbocycles. The predicted molar refractivity (Wildman–Crippen MR) is 60.4 cm³/mol. The first-order valence-electron chi connectivity index (χ1n) is 4.50. The Bertz CT molecular complexity index is 481. The molecule has 4 nitrogen and oxygen atoms in total. The second-order valence-corrected chi connectivity index (χ2v) is 4.46. The summed E-state index contributed by atoms with van der Waals surface area (Å²) in [5, 5.41) is 8.93. The third kappa shape index (κ3) is 1.98. The molecule has 2 aromatic heterocycles. The molecule has 0 saturated carbocycles. The molecule has 5 heteroatoms. The number of aliphatic hydroxyl groups is 1. The van der Waals surface area contributed by atoms with Gasteiger partial charge in [-0.25, -0.2) is 9.97 Å². The third-order valence-electron chi connectivity index (χ3n) is 2.03. The lowest BCUT2D eigenvalue weighted by atomic mass is 10.3. The number of nitrogens with zero attached hydrogens (tertiary/aromatic N) is 2. The molecule has 0 atom stereocenters. The van der Waals surface area contributed by atoms with E-state index in [1.807, 2.05) is 19.1 Å². The summed E-state index contributed by atoms with van der Waals surface area (Å²) in [6, 6.07) is 3.98. The van der Waals surface area contributed by atoms with Gasteiger partial charge in [0.15, 0.2) is 5.82 Å². The van der Waals surface area contributed by atoms with Crippen LogP contribution < -0.4 is 5.73 Å². The Labute approximate surface area is 91.4 Å². The predicted octanol–water partition coefficient (Wildman–Crippen LogP) is 1.59. The van der Waals surface area contributed by atoms with Crippen LogP contribution in [0.1, 0.15) is 10.4 Å². The number of aryl methyl sites for hydroxylation is 1. The van der Waals surface area contributed by atoms with Gasteiger partial charge in [-0.3, -0.25) is 0 Å². The number of anilines is 1. The molecule has 15 heavy (non-hydrogen) atoms. The van der Waals surface area contributed by atoms with Crippen molar-refractivity contribution in [2.75, 3.05) is 5.73 Å². The van der Waals surface area contributed by atoms with E-state index in [2.05, 4.69) is 9.97 Å². The average Bonchev–Trinajstić information content (AvgIpc) is 2.65. The van der Waals surface area contributed by atoms with Crippen LogP contribution in [0.3, 0.4) is 0 Å². The maximum Gasteiger partial charge on any atom is 0.171 e. The zero-order chi connectivity index (χ0) is 10.8. The summed E-state index contributed by atoms with van der Waals surface area (Å²) in [5.41, 5.74) is 6.23. The summed E-state index contributed by atoms with van der Waals surface area (Å²) in [5.74, 6) is 0.955. The van der Waals surface area contributed by atoms with E-state index in [0.717, 1.165) is 4.88 Å². The lowest BCUT2D eigenvalue weighted by molar-refractivity contribution is 0.281. The van der Waals surface area contributed by atoms with Crippen molar-refractivity contribution in [1.82, 2.24) is 9.97 Å². The third-order valence-corrected chi connectivity index (χ3v) is 3.03. The zero-order valence-electron chi connectivity index (χ0n) is 8.27. The Morgan fingerprint density at radius 2 is 2.27 bits per heavy atom. The highest BCUT2D eigenvalue weighted by Crippen LogP contribution is 2.25. The maximum absolute atomic E-state index is 8.93. The molecule has 0 saturated heterocycles. The number of aliphatic hydroxyl groups excluding tert-OH is 1. The molecular formula is C10H11N3OS. The number of aromatic nitrogens is 2. The van der Waals surface area contributed by atoms with E-state index in [0.29, 0.717) is 17.2 Å². The van der Waals surface area contributed by atoms with Crippen molar-refractivity contribution in [3.05, 3.63) is 28.8 Å². The maximum atomic E-state index is 8.93. The van der Waals surface area contributed by atoms with E-state index in [1.165, 1.54) is 4.88 Å². The van der Waals surface area contributed by atoms with E-state index in [4.69, 9.17) is 10.8 Å². The molecule has 0 aliphatic heterocycles. The lowest BCUT2D eigenvalue weighted by Crippen LogP contribution is -2.00. The first-order valence-corrected chi connectivity index (χ1v) is 5.31. The minimum atomic E-state index is -0.129. The highest BCUT2D eigenvalue weighted by atomic mass is 32.1. The molecule has 0 aliphatic rings. The molecule has 2 rings (SSSR count). The number of rotatable bonds is 2. The Morgan fingerprint density at radius 3 is 2.80 bits per heavy atom. The summed E-state index contributed by atoms with van der Waals surface area (Å²) in [6.45, 7) is 1.90. The van der Waals surface area contributed by atoms with Crippen LogP contribution in [0.25, 0.3) is 10.7 Å². The van der Waals surface area contributed by atoms with E-state index >= 15 is 0 Å². The van der Waals surface area contributed by atoms with Crippen molar-refractivity contribution in [1.29, 1.82) is 0 Å². The molecular weight excluding hydrogens is 210 g/mol. The van der Waals surface area contributed by atoms with Gasteiger partial charge in [0.2, 0.25) is 0 Å². The van der Waals surface area contributed by atoms with E-state index in [-0.39, 0.29) is 6.61 Å². The standard InChI is InChI=1S/C10H11N3OS/c1-6-2-3-8(15-6)10-12-4-7(5-14)9(11)13-10/h2-4,14H,5H2,1H3,(H2,11,12,13). The van der Waals surface area contributed by atoms with Gasteiger partial charge >= 0.3 is 0 Å². The van der Waals surface area contributed by atoms with Crippen LogP contribution in [0.2, 0.25) is 0 Å². The summed E-state index contributed by atoms with van der Waals surface area (Å²) in [4.78, 5) is 10.5. The molecule has 0 spiro atoms. The van der Waals surface area contributed by atoms with Gasteiger partial charge in [0.1, 0.15) is 5.82 Å². The zero-order valence-corrected chi connectivity index (χ0v) is 9.08. The first-order chi connectivity index (χ1) is 7.20. The number of thiophene rings is 1. The monoisotopic (exact) mass is 221 g/mol. The quantitative estimate of drug-likeness (QED) is 0.807. The van der Waals surface area contributed by atoms with Gasteiger partial charge in [-0.05, 0) is 19.1 Å². The molecule has 78 valence electrons. The summed E-state index contributed by atoms with van der Waals surface area (Å²) in [7, 11) is 0. The highest BCUT2D eigenvalue weighted by molar-refractivity contribution is 7.15. The second-order valence-electron chi connectivity index (χ2n) is 3.17. The fourth-order valence-electron chi connectivity index (χ4n) is 1.22. The largest absolute Gasteiger partial charge is 0.391 e. The van der Waals surface area contributed by atoms with Crippen molar-refractivity contribution in [3.63, 3.8) is 0 Å². The van der Waals surface area contributed by atoms with E-state index in [1.54, 1.807) is 17.5 Å². The minimum absolute atomic E-state index is 0.129. The number of nitrogen functional groups attached to an aromatic ring is 1. The fourth-order valence-corrected chi connectivity index (χ4v) is 2.02. The first kappa shape index (κ1) is 10.1. The van der Waals surface area contributed by atoms with Crippen LogP contribution in [-0.4, -0.2) is 15.1 Å². The average molecular weight is 221 g/mol. The van der Waals surface area contributed by atoms with Crippen LogP contribution >= 0.6 is 11.3 Å². The van der Waals surface area contributed by atoms with Crippen molar-refractivity contribution >= 4 is 17.2 Å². The van der Waals surface area contributed by atoms with Gasteiger partial charge in [-0.15, -0.1) is 11.3 Å². The van der Waals surface area contributed by atoms with E-state index < -0.39 is 0 Å². The summed E-state index contributed by atoms with van der Waals surface area (Å²) < 4.78 is 0. The molecule has 2 heterocycles. The summed E-state index contributed by atoms with van der Waals surface area (Å²) >= 11 is 1.62. The van der Waals surface area contributed by atoms with Crippen molar-refractivity contribution < 1.29 is 5.11 Å². The SMILES string of the molecule is Cc1ccc(-c2ncc(CO)c(N)n2)s1. The van der Waals surface area contributed by atoms with Crippen LogP contribution in [0.4, 0.5) is 5.82 Å². The number of nitrogens with two attached hydrogens (primary N) is 1. The van der Waals surface area contributed by atoms with E-state index in [9.17, 15) is 0 Å². The molecule has 3 N–H and O–H groups in total. The Balaban J connectivity index is 2.42. The molecule has 0 bridgehead atoms.